The Labute approximate surface area is 239 Å². The van der Waals surface area contributed by atoms with Crippen LogP contribution in [0.2, 0.25) is 0 Å². The van der Waals surface area contributed by atoms with Gasteiger partial charge in [-0.1, -0.05) is 52.4 Å². The first-order chi connectivity index (χ1) is 18.8. The average molecular weight is 618 g/mol. The molecule has 0 saturated carbocycles. The van der Waals surface area contributed by atoms with Gasteiger partial charge >= 0.3 is 17.9 Å². The van der Waals surface area contributed by atoms with Crippen LogP contribution in [-0.2, 0) is 19.2 Å². The fourth-order valence-corrected chi connectivity index (χ4v) is 5.04. The third-order valence-corrected chi connectivity index (χ3v) is 7.01. The van der Waals surface area contributed by atoms with Gasteiger partial charge in [0.05, 0.1) is 18.9 Å². The summed E-state index contributed by atoms with van der Waals surface area (Å²) in [5.74, 6) is -5.01. The minimum absolute atomic E-state index is 0.0138. The Morgan fingerprint density at radius 3 is 2.27 bits per heavy atom. The maximum atomic E-state index is 13.0. The predicted octanol–water partition coefficient (Wildman–Crippen LogP) is 1.86. The van der Waals surface area contributed by atoms with E-state index in [2.05, 4.69) is 74.0 Å². The van der Waals surface area contributed by atoms with Crippen LogP contribution in [0.25, 0.3) is 0 Å². The third-order valence-electron chi connectivity index (χ3n) is 6.52. The zero-order chi connectivity index (χ0) is 29.6. The Morgan fingerprint density at radius 2 is 1.68 bits per heavy atom. The van der Waals surface area contributed by atoms with Crippen LogP contribution in [0, 0.1) is 5.92 Å². The summed E-state index contributed by atoms with van der Waals surface area (Å²) in [6.45, 7) is 1.65. The number of rotatable bonds is 10. The summed E-state index contributed by atoms with van der Waals surface area (Å²) in [5, 5.41) is 40.5. The molecule has 0 fully saturated rings. The van der Waals surface area contributed by atoms with E-state index in [0.29, 0.717) is 6.54 Å². The lowest BCUT2D eigenvalue weighted by Crippen LogP contribution is -2.42. The number of carboxylic acids is 3. The van der Waals surface area contributed by atoms with E-state index in [1.54, 1.807) is 0 Å². The number of amides is 1. The van der Waals surface area contributed by atoms with Crippen LogP contribution in [0.4, 0.5) is 0 Å². The van der Waals surface area contributed by atoms with E-state index in [-0.39, 0.29) is 17.9 Å². The lowest BCUT2D eigenvalue weighted by atomic mass is 9.79. The number of halogens is 1. The number of aliphatic carboxylic acids is 3. The molecule has 0 aromatic heterocycles. The summed E-state index contributed by atoms with van der Waals surface area (Å²) >= 11 is 3.59. The third kappa shape index (κ3) is 7.46. The van der Waals surface area contributed by atoms with Crippen LogP contribution in [-0.4, -0.2) is 88.0 Å². The molecule has 1 aliphatic heterocycles. The van der Waals surface area contributed by atoms with Crippen LogP contribution in [0.15, 0.2) is 81.1 Å². The molecule has 4 aliphatic rings. The van der Waals surface area contributed by atoms with E-state index in [9.17, 15) is 19.2 Å². The van der Waals surface area contributed by atoms with Crippen LogP contribution in [0.5, 0.6) is 0 Å². The van der Waals surface area contributed by atoms with Crippen molar-refractivity contribution in [2.45, 2.75) is 30.9 Å². The topological polar surface area (TPSA) is 176 Å². The molecule has 3 aliphatic carbocycles. The summed E-state index contributed by atoms with van der Waals surface area (Å²) < 4.78 is 1.03. The Kier molecular flexibility index (Phi) is 10.1. The molecule has 0 bridgehead atoms. The largest absolute Gasteiger partial charge is 0.481 e. The quantitative estimate of drug-likeness (QED) is 0.198. The summed E-state index contributed by atoms with van der Waals surface area (Å²) in [5.41, 5.74) is 2.75. The summed E-state index contributed by atoms with van der Waals surface area (Å²) in [7, 11) is 4.09. The van der Waals surface area contributed by atoms with Crippen molar-refractivity contribution in [1.82, 2.24) is 15.5 Å². The van der Waals surface area contributed by atoms with Crippen LogP contribution in [0.3, 0.4) is 0 Å². The molecule has 1 amide bonds. The number of allylic oxidation sites excluding steroid dienone is 8. The van der Waals surface area contributed by atoms with Crippen molar-refractivity contribution in [2.75, 3.05) is 27.2 Å². The molecule has 6 N–H and O–H groups in total. The molecule has 0 aromatic carbocycles. The van der Waals surface area contributed by atoms with Crippen LogP contribution in [0.1, 0.15) is 19.3 Å². The Morgan fingerprint density at radius 1 is 1.00 bits per heavy atom. The number of fused-ring (bicyclic) bond motifs is 3. The summed E-state index contributed by atoms with van der Waals surface area (Å²) in [4.78, 5) is 45.6. The van der Waals surface area contributed by atoms with Gasteiger partial charge in [-0.05, 0) is 50.4 Å². The molecule has 0 aromatic rings. The van der Waals surface area contributed by atoms with Crippen molar-refractivity contribution in [3.8, 4) is 0 Å². The lowest BCUT2D eigenvalue weighted by Gasteiger charge is -2.28. The second kappa shape index (κ2) is 13.1. The van der Waals surface area contributed by atoms with Crippen LogP contribution < -0.4 is 10.6 Å². The fraction of sp³-hybridized carbons (Fsp3) is 0.357. The normalized spacial score (nSPS) is 20.4. The minimum Gasteiger partial charge on any atom is -0.481 e. The van der Waals surface area contributed by atoms with Crippen molar-refractivity contribution in [1.29, 1.82) is 0 Å². The molecule has 0 saturated heterocycles. The first kappa shape index (κ1) is 30.8. The van der Waals surface area contributed by atoms with E-state index in [1.807, 2.05) is 20.2 Å². The molecule has 2 atom stereocenters. The standard InChI is InChI=1S/C22H24BrN3O.C6H8O7/c1-26(2)11-5-10-24-22(27)19-13-18-16-6-3-4-7-20(16)25-21(18)17-12-14(23)8-9-15(17)19;7-3(8)1-6(13,5(11)12)2-4(9)10/h3-4,6-9,12-13,15,20,25H,5,10-11H2,1-2H3,(H,24,27);13H,1-2H2,(H,7,8)(H,9,10)(H,11,12). The van der Waals surface area contributed by atoms with Gasteiger partial charge in [0.25, 0.3) is 0 Å². The zero-order valence-electron chi connectivity index (χ0n) is 22.1. The van der Waals surface area contributed by atoms with Crippen molar-refractivity contribution < 1.29 is 39.6 Å². The van der Waals surface area contributed by atoms with E-state index in [4.69, 9.17) is 20.4 Å². The zero-order valence-corrected chi connectivity index (χ0v) is 23.6. The van der Waals surface area contributed by atoms with Crippen LogP contribution >= 0.6 is 15.9 Å². The second-order valence-electron chi connectivity index (χ2n) is 9.92. The number of carboxylic acid groups (broad SMARTS) is 3. The lowest BCUT2D eigenvalue weighted by molar-refractivity contribution is -0.170. The first-order valence-corrected chi connectivity index (χ1v) is 13.3. The maximum Gasteiger partial charge on any atom is 0.336 e. The van der Waals surface area contributed by atoms with Crippen molar-refractivity contribution >= 4 is 39.7 Å². The second-order valence-corrected chi connectivity index (χ2v) is 10.8. The average Bonchev–Trinajstić information content (AvgIpc) is 3.24. The van der Waals surface area contributed by atoms with Gasteiger partial charge in [-0.2, -0.15) is 0 Å². The van der Waals surface area contributed by atoms with Crippen molar-refractivity contribution in [2.24, 2.45) is 5.92 Å². The molecule has 0 spiro atoms. The molecular formula is C28H32BrN3O8. The minimum atomic E-state index is -2.74. The van der Waals surface area contributed by atoms with Gasteiger partial charge in [-0.3, -0.25) is 14.4 Å². The number of aliphatic hydroxyl groups is 1. The predicted molar refractivity (Wildman–Crippen MR) is 150 cm³/mol. The van der Waals surface area contributed by atoms with Gasteiger partial charge < -0.3 is 36.0 Å². The van der Waals surface area contributed by atoms with Gasteiger partial charge in [-0.15, -0.1) is 0 Å². The van der Waals surface area contributed by atoms with E-state index < -0.39 is 36.4 Å². The van der Waals surface area contributed by atoms with E-state index in [1.165, 1.54) is 5.57 Å². The van der Waals surface area contributed by atoms with E-state index in [0.717, 1.165) is 39.9 Å². The Bertz CT molecular complexity index is 1290. The van der Waals surface area contributed by atoms with Gasteiger partial charge in [0.2, 0.25) is 5.91 Å². The first-order valence-electron chi connectivity index (χ1n) is 12.5. The summed E-state index contributed by atoms with van der Waals surface area (Å²) in [6, 6.07) is 0.185. The maximum absolute atomic E-state index is 13.0. The van der Waals surface area contributed by atoms with E-state index >= 15 is 0 Å². The number of carbonyl (C=O) groups excluding carboxylic acids is 1. The SMILES string of the molecule is CN(C)CCCNC(=O)C1=CC2=C3C=CC=CC3NC2=C2C=C(Br)C=CC12.O=C(O)CC(O)(CC(=O)O)C(=O)O. The highest BCUT2D eigenvalue weighted by atomic mass is 79.9. The van der Waals surface area contributed by atoms with Crippen molar-refractivity contribution in [3.05, 3.63) is 81.1 Å². The number of hydrogen-bond donors (Lipinski definition) is 6. The molecule has 0 radical (unpaired) electrons. The number of nitrogens with one attached hydrogen (secondary N) is 2. The number of hydrogen-bond acceptors (Lipinski definition) is 7. The molecule has 12 heteroatoms. The number of nitrogens with zero attached hydrogens (tertiary/aromatic N) is 1. The van der Waals surface area contributed by atoms with Gasteiger partial charge in [0, 0.05) is 33.8 Å². The molecule has 11 nitrogen and oxygen atoms in total. The highest BCUT2D eigenvalue weighted by molar-refractivity contribution is 9.11. The van der Waals surface area contributed by atoms with Gasteiger partial charge in [-0.25, -0.2) is 4.79 Å². The Hall–Kier alpha value is -3.74. The van der Waals surface area contributed by atoms with Crippen molar-refractivity contribution in [3.63, 3.8) is 0 Å². The highest BCUT2D eigenvalue weighted by Gasteiger charge is 2.41. The molecule has 40 heavy (non-hydrogen) atoms. The Balaban J connectivity index is 0.000000289. The van der Waals surface area contributed by atoms with Gasteiger partial charge in [0.1, 0.15) is 0 Å². The van der Waals surface area contributed by atoms with Gasteiger partial charge in [0.15, 0.2) is 5.60 Å². The summed E-state index contributed by atoms with van der Waals surface area (Å²) in [6.07, 6.45) is 15.4. The fourth-order valence-electron chi connectivity index (χ4n) is 4.64. The smallest absolute Gasteiger partial charge is 0.336 e. The molecule has 214 valence electrons. The molecular weight excluding hydrogens is 586 g/mol. The molecule has 2 unspecified atom stereocenters. The number of carbonyl (C=O) groups is 4. The highest BCUT2D eigenvalue weighted by Crippen LogP contribution is 2.43. The molecule has 1 heterocycles. The molecule has 4 rings (SSSR count). The monoisotopic (exact) mass is 617 g/mol.